The number of ether oxygens (including phenoxy) is 2. The molecule has 138 valence electrons. The van der Waals surface area contributed by atoms with E-state index in [1.807, 2.05) is 28.2 Å². The van der Waals surface area contributed by atoms with Crippen LogP contribution in [0, 0.1) is 0 Å². The predicted molar refractivity (Wildman–Crippen MR) is 91.5 cm³/mol. The van der Waals surface area contributed by atoms with E-state index in [0.29, 0.717) is 0 Å². The quantitative estimate of drug-likeness (QED) is 0.213. The first-order chi connectivity index (χ1) is 10.7. The van der Waals surface area contributed by atoms with Crippen LogP contribution in [0.4, 0.5) is 0 Å². The number of aliphatic hydroxyl groups excluding tert-OH is 2. The van der Waals surface area contributed by atoms with E-state index in [1.54, 1.807) is 0 Å². The molecule has 8 nitrogen and oxygen atoms in total. The van der Waals surface area contributed by atoms with E-state index in [0.717, 1.165) is 52.6 Å². The van der Waals surface area contributed by atoms with Crippen molar-refractivity contribution in [1.82, 2.24) is 21.3 Å². The van der Waals surface area contributed by atoms with Crippen molar-refractivity contribution in [3.8, 4) is 0 Å². The van der Waals surface area contributed by atoms with Crippen LogP contribution in [0.15, 0.2) is 0 Å². The zero-order valence-corrected chi connectivity index (χ0v) is 14.8. The van der Waals surface area contributed by atoms with Gasteiger partial charge in [-0.3, -0.25) is 0 Å². The van der Waals surface area contributed by atoms with Gasteiger partial charge >= 0.3 is 0 Å². The molecule has 0 spiro atoms. The fourth-order valence-corrected chi connectivity index (χ4v) is 0.901. The Morgan fingerprint density at radius 2 is 0.773 bits per heavy atom. The molecular weight excluding hydrogens is 288 g/mol. The number of likely N-dealkylation sites (N-methyl/N-ethyl adjacent to an activating group) is 4. The van der Waals surface area contributed by atoms with Crippen LogP contribution < -0.4 is 21.3 Å². The van der Waals surface area contributed by atoms with Gasteiger partial charge in [-0.25, -0.2) is 0 Å². The summed E-state index contributed by atoms with van der Waals surface area (Å²) in [5.41, 5.74) is 0. The summed E-state index contributed by atoms with van der Waals surface area (Å²) in [5.74, 6) is 0. The summed E-state index contributed by atoms with van der Waals surface area (Å²) < 4.78 is 10.4. The van der Waals surface area contributed by atoms with E-state index >= 15 is 0 Å². The molecule has 22 heavy (non-hydrogen) atoms. The molecule has 0 unspecified atom stereocenters. The summed E-state index contributed by atoms with van der Waals surface area (Å²) in [5, 5.41) is 27.2. The highest BCUT2D eigenvalue weighted by Gasteiger charge is 1.83. The molecule has 8 heteroatoms. The van der Waals surface area contributed by atoms with Crippen LogP contribution in [0.2, 0.25) is 0 Å². The van der Waals surface area contributed by atoms with Crippen molar-refractivity contribution in [3.05, 3.63) is 0 Å². The summed E-state index contributed by atoms with van der Waals surface area (Å²) >= 11 is 0. The summed E-state index contributed by atoms with van der Waals surface area (Å²) in [7, 11) is 7.67. The van der Waals surface area contributed by atoms with E-state index in [4.69, 9.17) is 19.7 Å². The molecule has 0 rings (SSSR count). The molecule has 0 atom stereocenters. The highest BCUT2D eigenvalue weighted by molar-refractivity contribution is 4.39. The third-order valence-corrected chi connectivity index (χ3v) is 2.09. The van der Waals surface area contributed by atoms with Gasteiger partial charge in [0.1, 0.15) is 0 Å². The third-order valence-electron chi connectivity index (χ3n) is 2.09. The van der Waals surface area contributed by atoms with Gasteiger partial charge in [0.15, 0.2) is 0 Å². The second-order valence-electron chi connectivity index (χ2n) is 4.09. The lowest BCUT2D eigenvalue weighted by atomic mass is 10.6. The molecule has 0 aliphatic rings. The number of hydrogen-bond acceptors (Lipinski definition) is 8. The Balaban J connectivity index is -0.000000266. The molecule has 6 N–H and O–H groups in total. The largest absolute Gasteiger partial charge is 0.394 e. The Labute approximate surface area is 136 Å². The van der Waals surface area contributed by atoms with E-state index < -0.39 is 0 Å². The molecular formula is C14H38N4O4. The van der Waals surface area contributed by atoms with Gasteiger partial charge in [0.2, 0.25) is 0 Å². The molecule has 0 fully saturated rings. The normalized spacial score (nSPS) is 9.55. The third kappa shape index (κ3) is 42.7. The lowest BCUT2D eigenvalue weighted by molar-refractivity contribution is 0.140. The monoisotopic (exact) mass is 326 g/mol. The van der Waals surface area contributed by atoms with Gasteiger partial charge in [-0.05, 0) is 28.2 Å². The Kier molecular flexibility index (Phi) is 39.3. The standard InChI is InChI=1S/2C6H16N2O.C2H6O2/c2*1-7-3-5-9-6-4-8-2;3-1-2-4/h2*7-8H,3-6H2,1-2H3;3-4H,1-2H2. The van der Waals surface area contributed by atoms with Crippen molar-refractivity contribution in [3.63, 3.8) is 0 Å². The molecule has 0 aromatic carbocycles. The molecule has 0 bridgehead atoms. The minimum absolute atomic E-state index is 0.125. The van der Waals surface area contributed by atoms with E-state index in [1.165, 1.54) is 0 Å². The first-order valence-electron chi connectivity index (χ1n) is 7.70. The van der Waals surface area contributed by atoms with E-state index in [-0.39, 0.29) is 13.2 Å². The van der Waals surface area contributed by atoms with Crippen LogP contribution in [0.1, 0.15) is 0 Å². The predicted octanol–water partition coefficient (Wildman–Crippen LogP) is -2.15. The van der Waals surface area contributed by atoms with Crippen molar-refractivity contribution in [2.45, 2.75) is 0 Å². The molecule has 0 aromatic heterocycles. The highest BCUT2D eigenvalue weighted by Crippen LogP contribution is 1.69. The summed E-state index contributed by atoms with van der Waals surface area (Å²) in [6, 6.07) is 0. The Morgan fingerprint density at radius 3 is 0.909 bits per heavy atom. The van der Waals surface area contributed by atoms with Crippen LogP contribution in [0.25, 0.3) is 0 Å². The zero-order chi connectivity index (χ0) is 17.3. The topological polar surface area (TPSA) is 107 Å². The number of rotatable bonds is 13. The molecule has 0 amide bonds. The molecule has 0 radical (unpaired) electrons. The molecule has 0 aromatic rings. The maximum atomic E-state index is 7.62. The minimum atomic E-state index is -0.125. The molecule has 0 heterocycles. The number of nitrogens with one attached hydrogen (secondary N) is 4. The molecule has 0 aliphatic carbocycles. The maximum Gasteiger partial charge on any atom is 0.0662 e. The Bertz CT molecular complexity index is 129. The van der Waals surface area contributed by atoms with Crippen LogP contribution in [0.5, 0.6) is 0 Å². The minimum Gasteiger partial charge on any atom is -0.394 e. The Morgan fingerprint density at radius 1 is 0.545 bits per heavy atom. The van der Waals surface area contributed by atoms with Crippen molar-refractivity contribution >= 4 is 0 Å². The zero-order valence-electron chi connectivity index (χ0n) is 14.8. The van der Waals surface area contributed by atoms with E-state index in [2.05, 4.69) is 21.3 Å². The molecule has 0 saturated heterocycles. The molecule has 0 aliphatic heterocycles. The van der Waals surface area contributed by atoms with Gasteiger partial charge in [-0.15, -0.1) is 0 Å². The van der Waals surface area contributed by atoms with Crippen molar-refractivity contribution in [2.24, 2.45) is 0 Å². The summed E-state index contributed by atoms with van der Waals surface area (Å²) in [4.78, 5) is 0. The first kappa shape index (κ1) is 26.6. The van der Waals surface area contributed by atoms with Gasteiger partial charge in [0.05, 0.1) is 39.6 Å². The summed E-state index contributed by atoms with van der Waals surface area (Å²) in [6.07, 6.45) is 0. The van der Waals surface area contributed by atoms with E-state index in [9.17, 15) is 0 Å². The second-order valence-corrected chi connectivity index (χ2v) is 4.09. The smallest absolute Gasteiger partial charge is 0.0662 e. The fraction of sp³-hybridized carbons (Fsp3) is 1.00. The second kappa shape index (κ2) is 32.6. The van der Waals surface area contributed by atoms with Crippen molar-refractivity contribution in [2.75, 3.05) is 94.0 Å². The maximum absolute atomic E-state index is 7.62. The SMILES string of the molecule is CNCCOCCNC.CNCCOCCNC.OCCO. The van der Waals surface area contributed by atoms with Crippen LogP contribution in [0.3, 0.4) is 0 Å². The average molecular weight is 326 g/mol. The van der Waals surface area contributed by atoms with Crippen LogP contribution in [-0.2, 0) is 9.47 Å². The van der Waals surface area contributed by atoms with Crippen molar-refractivity contribution in [1.29, 1.82) is 0 Å². The lowest BCUT2D eigenvalue weighted by Gasteiger charge is -2.01. The average Bonchev–Trinajstić information content (AvgIpc) is 2.55. The van der Waals surface area contributed by atoms with Gasteiger partial charge < -0.3 is 41.0 Å². The van der Waals surface area contributed by atoms with Crippen LogP contribution >= 0.6 is 0 Å². The van der Waals surface area contributed by atoms with Gasteiger partial charge in [0, 0.05) is 26.2 Å². The fourth-order valence-electron chi connectivity index (χ4n) is 0.901. The van der Waals surface area contributed by atoms with Crippen LogP contribution in [-0.4, -0.2) is 104 Å². The molecule has 0 saturated carbocycles. The van der Waals surface area contributed by atoms with Gasteiger partial charge in [-0.2, -0.15) is 0 Å². The first-order valence-corrected chi connectivity index (χ1v) is 7.70. The number of hydrogen-bond donors (Lipinski definition) is 6. The lowest BCUT2D eigenvalue weighted by Crippen LogP contribution is -2.19. The Hall–Kier alpha value is -0.320. The van der Waals surface area contributed by atoms with Gasteiger partial charge in [0.25, 0.3) is 0 Å². The van der Waals surface area contributed by atoms with Gasteiger partial charge in [-0.1, -0.05) is 0 Å². The van der Waals surface area contributed by atoms with Crippen molar-refractivity contribution < 1.29 is 19.7 Å². The number of aliphatic hydroxyl groups is 2. The highest BCUT2D eigenvalue weighted by atomic mass is 16.5. The summed E-state index contributed by atoms with van der Waals surface area (Å²) in [6.45, 7) is 6.70.